The molecule has 0 saturated carbocycles. The number of thiocarbonyl (C=S) groups is 1. The maximum absolute atomic E-state index is 13.1. The maximum atomic E-state index is 13.1. The quantitative estimate of drug-likeness (QED) is 0.368. The van der Waals surface area contributed by atoms with Gasteiger partial charge in [0.1, 0.15) is 21.8 Å². The fourth-order valence-corrected chi connectivity index (χ4v) is 5.25. The molecule has 3 heterocycles. The molecule has 166 valence electrons. The summed E-state index contributed by atoms with van der Waals surface area (Å²) >= 11 is 6.76. The summed E-state index contributed by atoms with van der Waals surface area (Å²) in [5.41, 5.74) is 1.16. The lowest BCUT2D eigenvalue weighted by atomic mass is 10.0. The normalized spacial score (nSPS) is 18.9. The first-order chi connectivity index (χ1) is 14.8. The van der Waals surface area contributed by atoms with E-state index in [-0.39, 0.29) is 17.0 Å². The number of nitrogens with zero attached hydrogens (tertiary/aromatic N) is 5. The first kappa shape index (κ1) is 23.5. The van der Waals surface area contributed by atoms with Crippen LogP contribution in [0.25, 0.3) is 6.08 Å². The van der Waals surface area contributed by atoms with E-state index < -0.39 is 0 Å². The summed E-state index contributed by atoms with van der Waals surface area (Å²) < 4.78 is 2.11. The van der Waals surface area contributed by atoms with Crippen molar-refractivity contribution in [3.63, 3.8) is 0 Å². The highest BCUT2D eigenvalue weighted by Gasteiger charge is 2.33. The van der Waals surface area contributed by atoms with Crippen molar-refractivity contribution >= 4 is 46.1 Å². The molecule has 0 bridgehead atoms. The van der Waals surface area contributed by atoms with Gasteiger partial charge in [0.25, 0.3) is 11.5 Å². The lowest BCUT2D eigenvalue weighted by Crippen LogP contribution is -2.46. The molecule has 0 aliphatic carbocycles. The monoisotopic (exact) mass is 459 g/mol. The van der Waals surface area contributed by atoms with Gasteiger partial charge in [0, 0.05) is 45.3 Å². The molecule has 0 radical (unpaired) electrons. The van der Waals surface area contributed by atoms with Crippen LogP contribution in [0.4, 0.5) is 5.82 Å². The molecular formula is C22H29N5O2S2. The topological polar surface area (TPSA) is 72.6 Å². The molecular weight excluding hydrogens is 430 g/mol. The number of hydrogen-bond acceptors (Lipinski definition) is 7. The van der Waals surface area contributed by atoms with Gasteiger partial charge in [-0.05, 0) is 32.0 Å². The molecule has 0 atom stereocenters. The van der Waals surface area contributed by atoms with E-state index in [1.54, 1.807) is 23.4 Å². The van der Waals surface area contributed by atoms with Gasteiger partial charge in [0.15, 0.2) is 0 Å². The number of thioether (sulfide) groups is 1. The highest BCUT2D eigenvalue weighted by molar-refractivity contribution is 8.26. The molecule has 1 aromatic heterocycles. The number of pyridine rings is 1. The van der Waals surface area contributed by atoms with Crippen LogP contribution in [-0.4, -0.2) is 64.4 Å². The number of aromatic nitrogens is 1. The molecule has 0 aromatic carbocycles. The Balaban J connectivity index is 2.07. The molecule has 2 saturated heterocycles. The first-order valence-electron chi connectivity index (χ1n) is 10.6. The van der Waals surface area contributed by atoms with Gasteiger partial charge in [-0.15, -0.1) is 0 Å². The minimum atomic E-state index is -0.307. The van der Waals surface area contributed by atoms with Gasteiger partial charge in [0.05, 0.1) is 4.91 Å². The van der Waals surface area contributed by atoms with Crippen molar-refractivity contribution in [3.8, 4) is 6.07 Å². The van der Waals surface area contributed by atoms with Crippen molar-refractivity contribution in [3.05, 3.63) is 31.9 Å². The van der Waals surface area contributed by atoms with Crippen molar-refractivity contribution < 1.29 is 4.79 Å². The van der Waals surface area contributed by atoms with Crippen LogP contribution in [0.15, 0.2) is 9.70 Å². The minimum absolute atomic E-state index is 0.0952. The van der Waals surface area contributed by atoms with Crippen molar-refractivity contribution in [2.24, 2.45) is 7.05 Å². The Bertz CT molecular complexity index is 1020. The summed E-state index contributed by atoms with van der Waals surface area (Å²) in [4.78, 5) is 32.5. The number of unbranched alkanes of at least 4 members (excludes halogenated alkanes) is 2. The van der Waals surface area contributed by atoms with E-state index in [9.17, 15) is 14.9 Å². The molecule has 2 aliphatic rings. The number of carbonyl (C=O) groups excluding carboxylic acids is 1. The maximum Gasteiger partial charge on any atom is 0.270 e. The van der Waals surface area contributed by atoms with Gasteiger partial charge >= 0.3 is 0 Å². The number of hydrogen-bond donors (Lipinski definition) is 0. The Kier molecular flexibility index (Phi) is 7.57. The Morgan fingerprint density at radius 1 is 1.16 bits per heavy atom. The third-order valence-corrected chi connectivity index (χ3v) is 7.28. The fourth-order valence-electron chi connectivity index (χ4n) is 3.96. The molecule has 1 amide bonds. The minimum Gasteiger partial charge on any atom is -0.355 e. The van der Waals surface area contributed by atoms with Crippen molar-refractivity contribution in [1.29, 1.82) is 5.26 Å². The van der Waals surface area contributed by atoms with Gasteiger partial charge in [-0.3, -0.25) is 19.1 Å². The number of rotatable bonds is 6. The number of carbonyl (C=O) groups is 1. The molecule has 0 spiro atoms. The van der Waals surface area contributed by atoms with Crippen LogP contribution in [-0.2, 0) is 11.8 Å². The van der Waals surface area contributed by atoms with E-state index in [0.717, 1.165) is 56.8 Å². The Morgan fingerprint density at radius 3 is 2.45 bits per heavy atom. The summed E-state index contributed by atoms with van der Waals surface area (Å²) in [6, 6.07) is 2.05. The van der Waals surface area contributed by atoms with Gasteiger partial charge in [-0.2, -0.15) is 5.26 Å². The summed E-state index contributed by atoms with van der Waals surface area (Å²) in [6.45, 7) is 7.84. The second-order valence-electron chi connectivity index (χ2n) is 8.04. The number of piperazine rings is 1. The fraction of sp³-hybridized carbons (Fsp3) is 0.545. The average molecular weight is 460 g/mol. The van der Waals surface area contributed by atoms with E-state index in [1.807, 2.05) is 6.08 Å². The zero-order chi connectivity index (χ0) is 22.7. The lowest BCUT2D eigenvalue weighted by Gasteiger charge is -2.36. The van der Waals surface area contributed by atoms with Crippen molar-refractivity contribution in [2.75, 3.05) is 44.7 Å². The standard InChI is InChI=1S/C22H29N5O2S2/c1-5-6-7-8-27-21(29)18(31-22(27)30)13-16-15(2)17(14-23)20(28)25(4)19(16)26-11-9-24(3)10-12-26/h13H,5-12H2,1-4H3/b18-13-. The second-order valence-corrected chi connectivity index (χ2v) is 9.72. The number of nitriles is 1. The van der Waals surface area contributed by atoms with E-state index in [1.165, 1.54) is 11.8 Å². The molecule has 2 aliphatic heterocycles. The van der Waals surface area contributed by atoms with E-state index in [2.05, 4.69) is 29.8 Å². The van der Waals surface area contributed by atoms with Crippen LogP contribution in [0.5, 0.6) is 0 Å². The van der Waals surface area contributed by atoms with Crippen LogP contribution >= 0.6 is 24.0 Å². The van der Waals surface area contributed by atoms with Gasteiger partial charge in [-0.1, -0.05) is 43.7 Å². The van der Waals surface area contributed by atoms with Crippen LogP contribution in [0, 0.1) is 18.3 Å². The van der Waals surface area contributed by atoms with Gasteiger partial charge < -0.3 is 9.80 Å². The van der Waals surface area contributed by atoms with Gasteiger partial charge in [0.2, 0.25) is 0 Å². The first-order valence-corrected chi connectivity index (χ1v) is 11.8. The third-order valence-electron chi connectivity index (χ3n) is 5.91. The molecule has 31 heavy (non-hydrogen) atoms. The molecule has 2 fully saturated rings. The summed E-state index contributed by atoms with van der Waals surface area (Å²) in [7, 11) is 3.77. The predicted molar refractivity (Wildman–Crippen MR) is 130 cm³/mol. The summed E-state index contributed by atoms with van der Waals surface area (Å²) in [5.74, 6) is 0.660. The van der Waals surface area contributed by atoms with E-state index in [4.69, 9.17) is 12.2 Å². The van der Waals surface area contributed by atoms with Crippen LogP contribution in [0.2, 0.25) is 0 Å². The van der Waals surface area contributed by atoms with E-state index >= 15 is 0 Å². The highest BCUT2D eigenvalue weighted by atomic mass is 32.2. The Morgan fingerprint density at radius 2 is 1.84 bits per heavy atom. The zero-order valence-electron chi connectivity index (χ0n) is 18.6. The predicted octanol–water partition coefficient (Wildman–Crippen LogP) is 2.71. The second kappa shape index (κ2) is 9.98. The molecule has 0 unspecified atom stereocenters. The average Bonchev–Trinajstić information content (AvgIpc) is 3.01. The molecule has 3 rings (SSSR count). The summed E-state index contributed by atoms with van der Waals surface area (Å²) in [5, 5.41) is 9.60. The summed E-state index contributed by atoms with van der Waals surface area (Å²) in [6.07, 6.45) is 4.87. The Labute approximate surface area is 193 Å². The number of likely N-dealkylation sites (N-methyl/N-ethyl adjacent to an activating group) is 1. The Hall–Kier alpha value is -2.15. The van der Waals surface area contributed by atoms with E-state index in [0.29, 0.717) is 21.3 Å². The van der Waals surface area contributed by atoms with Crippen molar-refractivity contribution in [2.45, 2.75) is 33.1 Å². The van der Waals surface area contributed by atoms with Crippen LogP contribution in [0.3, 0.4) is 0 Å². The smallest absolute Gasteiger partial charge is 0.270 e. The highest BCUT2D eigenvalue weighted by Crippen LogP contribution is 2.36. The third kappa shape index (κ3) is 4.71. The zero-order valence-corrected chi connectivity index (χ0v) is 20.2. The van der Waals surface area contributed by atoms with Crippen LogP contribution < -0.4 is 10.5 Å². The van der Waals surface area contributed by atoms with Crippen molar-refractivity contribution in [1.82, 2.24) is 14.4 Å². The molecule has 1 aromatic rings. The van der Waals surface area contributed by atoms with Crippen LogP contribution in [0.1, 0.15) is 42.9 Å². The molecule has 7 nitrogen and oxygen atoms in total. The van der Waals surface area contributed by atoms with Gasteiger partial charge in [-0.25, -0.2) is 0 Å². The largest absolute Gasteiger partial charge is 0.355 e. The number of amides is 1. The molecule has 0 N–H and O–H groups in total. The number of anilines is 1. The lowest BCUT2D eigenvalue weighted by molar-refractivity contribution is -0.122. The molecule has 9 heteroatoms. The SMILES string of the molecule is CCCCCN1C(=O)/C(=C/c2c(C)c(C#N)c(=O)n(C)c2N2CCN(C)CC2)SC1=S.